The average Bonchev–Trinajstić information content (AvgIpc) is 2.29. The lowest BCUT2D eigenvalue weighted by atomic mass is 10.2. The Kier molecular flexibility index (Phi) is 6.17. The number of hydrogen-bond acceptors (Lipinski definition) is 3. The van der Waals surface area contributed by atoms with E-state index in [4.69, 9.17) is 9.16 Å². The minimum absolute atomic E-state index is 0.250. The second kappa shape index (κ2) is 6.97. The van der Waals surface area contributed by atoms with Crippen molar-refractivity contribution >= 4 is 24.2 Å². The van der Waals surface area contributed by atoms with Crippen molar-refractivity contribution in [1.82, 2.24) is 4.98 Å². The van der Waals surface area contributed by atoms with Crippen LogP contribution in [0.1, 0.15) is 26.5 Å². The normalized spacial score (nSPS) is 12.7. The van der Waals surface area contributed by atoms with Crippen LogP contribution in [0.3, 0.4) is 0 Å². The summed E-state index contributed by atoms with van der Waals surface area (Å²) in [7, 11) is -1.64. The molecule has 19 heavy (non-hydrogen) atoms. The van der Waals surface area contributed by atoms with Gasteiger partial charge in [0.2, 0.25) is 0 Å². The fourth-order valence-electron chi connectivity index (χ4n) is 1.24. The zero-order valence-corrected chi connectivity index (χ0v) is 15.1. The third-order valence-corrected chi connectivity index (χ3v) is 8.54. The first-order chi connectivity index (χ1) is 8.72. The first kappa shape index (κ1) is 16.8. The lowest BCUT2D eigenvalue weighted by molar-refractivity contribution is 0.0827. The Morgan fingerprint density at radius 2 is 1.89 bits per heavy atom. The molecule has 0 saturated carbocycles. The Hall–Kier alpha value is -0.233. The maximum atomic E-state index is 6.04. The van der Waals surface area contributed by atoms with Crippen LogP contribution in [0.2, 0.25) is 18.1 Å². The molecule has 108 valence electrons. The first-order valence-electron chi connectivity index (χ1n) is 6.54. The molecule has 0 radical (unpaired) electrons. The summed E-state index contributed by atoms with van der Waals surface area (Å²) in [4.78, 5) is 4.26. The van der Waals surface area contributed by atoms with Crippen LogP contribution in [0.4, 0.5) is 0 Å². The molecule has 0 bridgehead atoms. The van der Waals surface area contributed by atoms with Crippen LogP contribution in [0, 0.1) is 0 Å². The Morgan fingerprint density at radius 3 is 2.42 bits per heavy atom. The van der Waals surface area contributed by atoms with Crippen molar-refractivity contribution in [3.8, 4) is 0 Å². The summed E-state index contributed by atoms with van der Waals surface area (Å²) in [6, 6.07) is 3.93. The van der Waals surface area contributed by atoms with Crippen LogP contribution in [-0.4, -0.2) is 26.5 Å². The van der Waals surface area contributed by atoms with E-state index in [1.54, 1.807) is 6.20 Å². The summed E-state index contributed by atoms with van der Waals surface area (Å²) >= 11 is 3.36. The second-order valence-corrected chi connectivity index (χ2v) is 11.9. The number of ether oxygens (including phenoxy) is 1. The van der Waals surface area contributed by atoms with Crippen LogP contribution < -0.4 is 0 Å². The molecule has 0 N–H and O–H groups in total. The van der Waals surface area contributed by atoms with Crippen molar-refractivity contribution in [3.05, 3.63) is 28.5 Å². The number of halogens is 1. The van der Waals surface area contributed by atoms with Crippen molar-refractivity contribution < 1.29 is 9.16 Å². The van der Waals surface area contributed by atoms with E-state index in [2.05, 4.69) is 54.8 Å². The molecule has 0 amide bonds. The van der Waals surface area contributed by atoms with E-state index >= 15 is 0 Å². The van der Waals surface area contributed by atoms with E-state index in [9.17, 15) is 0 Å². The number of nitrogens with zero attached hydrogens (tertiary/aromatic N) is 1. The molecule has 3 nitrogen and oxygen atoms in total. The molecule has 1 aromatic heterocycles. The van der Waals surface area contributed by atoms with Crippen molar-refractivity contribution in [1.29, 1.82) is 0 Å². The molecular weight excluding hydrogens is 322 g/mol. The zero-order chi connectivity index (χ0) is 14.5. The zero-order valence-electron chi connectivity index (χ0n) is 12.5. The maximum absolute atomic E-state index is 6.04. The van der Waals surface area contributed by atoms with Gasteiger partial charge in [-0.2, -0.15) is 0 Å². The Morgan fingerprint density at radius 1 is 1.21 bits per heavy atom. The van der Waals surface area contributed by atoms with Gasteiger partial charge in [-0.05, 0) is 46.2 Å². The van der Waals surface area contributed by atoms with Crippen molar-refractivity contribution in [3.63, 3.8) is 0 Å². The molecule has 0 atom stereocenters. The highest BCUT2D eigenvalue weighted by Gasteiger charge is 2.36. The van der Waals surface area contributed by atoms with Gasteiger partial charge in [0.05, 0.1) is 25.5 Å². The standard InChI is InChI=1S/C14H24BrNO2Si/c1-14(2,3)19(4,5)18-9-8-17-11-13-7-6-12(15)10-16-13/h6-7,10H,8-9,11H2,1-5H3. The first-order valence-corrected chi connectivity index (χ1v) is 10.2. The van der Waals surface area contributed by atoms with E-state index in [1.807, 2.05) is 12.1 Å². The molecule has 0 aromatic carbocycles. The van der Waals surface area contributed by atoms with Gasteiger partial charge in [-0.3, -0.25) is 4.98 Å². The van der Waals surface area contributed by atoms with Gasteiger partial charge in [-0.25, -0.2) is 0 Å². The molecule has 0 unspecified atom stereocenters. The lowest BCUT2D eigenvalue weighted by Crippen LogP contribution is -2.41. The van der Waals surface area contributed by atoms with Crippen LogP contribution in [0.5, 0.6) is 0 Å². The summed E-state index contributed by atoms with van der Waals surface area (Å²) in [5.41, 5.74) is 0.940. The van der Waals surface area contributed by atoms with Gasteiger partial charge in [-0.1, -0.05) is 20.8 Å². The van der Waals surface area contributed by atoms with Gasteiger partial charge < -0.3 is 9.16 Å². The molecule has 0 aliphatic carbocycles. The molecular formula is C14H24BrNO2Si. The van der Waals surface area contributed by atoms with Gasteiger partial charge in [0.25, 0.3) is 0 Å². The maximum Gasteiger partial charge on any atom is 0.192 e. The molecule has 0 aliphatic rings. The SMILES string of the molecule is CC(C)(C)[Si](C)(C)OCCOCc1ccc(Br)cn1. The number of aromatic nitrogens is 1. The third kappa shape index (κ3) is 5.73. The van der Waals surface area contributed by atoms with Crippen LogP contribution in [0.15, 0.2) is 22.8 Å². The Balaban J connectivity index is 2.23. The average molecular weight is 346 g/mol. The minimum Gasteiger partial charge on any atom is -0.414 e. The monoisotopic (exact) mass is 345 g/mol. The highest BCUT2D eigenvalue weighted by Crippen LogP contribution is 2.36. The molecule has 5 heteroatoms. The predicted octanol–water partition coefficient (Wildman–Crippen LogP) is 4.38. The number of pyridine rings is 1. The number of rotatable bonds is 6. The van der Waals surface area contributed by atoms with E-state index < -0.39 is 8.32 Å². The Labute approximate surface area is 126 Å². The highest BCUT2D eigenvalue weighted by molar-refractivity contribution is 9.10. The predicted molar refractivity (Wildman–Crippen MR) is 84.7 cm³/mol. The van der Waals surface area contributed by atoms with E-state index in [0.717, 1.165) is 10.2 Å². The molecule has 0 aliphatic heterocycles. The Bertz CT molecular complexity index is 387. The summed E-state index contributed by atoms with van der Waals surface area (Å²) in [5, 5.41) is 0.250. The van der Waals surface area contributed by atoms with Gasteiger partial charge in [-0.15, -0.1) is 0 Å². The fraction of sp³-hybridized carbons (Fsp3) is 0.643. The molecule has 1 heterocycles. The van der Waals surface area contributed by atoms with Crippen LogP contribution in [0.25, 0.3) is 0 Å². The largest absolute Gasteiger partial charge is 0.414 e. The molecule has 0 fully saturated rings. The van der Waals surface area contributed by atoms with Crippen LogP contribution >= 0.6 is 15.9 Å². The van der Waals surface area contributed by atoms with Gasteiger partial charge in [0.15, 0.2) is 8.32 Å². The van der Waals surface area contributed by atoms with Crippen molar-refractivity contribution in [2.24, 2.45) is 0 Å². The summed E-state index contributed by atoms with van der Waals surface area (Å²) in [5.74, 6) is 0. The highest BCUT2D eigenvalue weighted by atomic mass is 79.9. The molecule has 0 saturated heterocycles. The van der Waals surface area contributed by atoms with Gasteiger partial charge >= 0.3 is 0 Å². The van der Waals surface area contributed by atoms with Gasteiger partial charge in [0.1, 0.15) is 0 Å². The quantitative estimate of drug-likeness (QED) is 0.566. The smallest absolute Gasteiger partial charge is 0.192 e. The molecule has 0 spiro atoms. The lowest BCUT2D eigenvalue weighted by Gasteiger charge is -2.36. The van der Waals surface area contributed by atoms with Crippen molar-refractivity contribution in [2.75, 3.05) is 13.2 Å². The van der Waals surface area contributed by atoms with E-state index in [0.29, 0.717) is 19.8 Å². The summed E-state index contributed by atoms with van der Waals surface area (Å²) in [6.07, 6.45) is 1.78. The third-order valence-electron chi connectivity index (χ3n) is 3.54. The fourth-order valence-corrected chi connectivity index (χ4v) is 2.50. The van der Waals surface area contributed by atoms with Gasteiger partial charge in [0, 0.05) is 10.7 Å². The molecule has 1 aromatic rings. The topological polar surface area (TPSA) is 31.4 Å². The number of hydrogen-bond donors (Lipinski definition) is 0. The minimum atomic E-state index is -1.64. The van der Waals surface area contributed by atoms with Crippen molar-refractivity contribution in [2.45, 2.75) is 45.5 Å². The van der Waals surface area contributed by atoms with E-state index in [1.165, 1.54) is 0 Å². The summed E-state index contributed by atoms with van der Waals surface area (Å²) in [6.45, 7) is 13.0. The van der Waals surface area contributed by atoms with Crippen LogP contribution in [-0.2, 0) is 15.8 Å². The second-order valence-electron chi connectivity index (χ2n) is 6.13. The summed E-state index contributed by atoms with van der Waals surface area (Å²) < 4.78 is 12.6. The van der Waals surface area contributed by atoms with E-state index in [-0.39, 0.29) is 5.04 Å². The molecule has 1 rings (SSSR count).